The molecule has 1 aromatic rings. The topological polar surface area (TPSA) is 49.3 Å². The number of hydrogen-bond acceptors (Lipinski definition) is 3. The molecule has 1 saturated carbocycles. The van der Waals surface area contributed by atoms with Gasteiger partial charge in [0.25, 0.3) is 0 Å². The van der Waals surface area contributed by atoms with Gasteiger partial charge in [0.15, 0.2) is 0 Å². The summed E-state index contributed by atoms with van der Waals surface area (Å²) in [5.74, 6) is 0.00521. The maximum atomic E-state index is 11.7. The lowest BCUT2D eigenvalue weighted by Gasteiger charge is -2.11. The van der Waals surface area contributed by atoms with E-state index in [1.54, 1.807) is 11.3 Å². The molecule has 1 aromatic heterocycles. The number of carbonyl (C=O) groups is 1. The van der Waals surface area contributed by atoms with Crippen molar-refractivity contribution in [2.24, 2.45) is 5.41 Å². The smallest absolute Gasteiger partial charge is 0.228 e. The normalized spacial score (nSPS) is 17.1. The second-order valence-corrected chi connectivity index (χ2v) is 6.09. The van der Waals surface area contributed by atoms with Gasteiger partial charge in [-0.3, -0.25) is 4.79 Å². The Bertz CT molecular complexity index is 387. The second-order valence-electron chi connectivity index (χ2n) is 4.18. The van der Waals surface area contributed by atoms with Gasteiger partial charge in [-0.1, -0.05) is 0 Å². The first-order valence-electron chi connectivity index (χ1n) is 5.28. The summed E-state index contributed by atoms with van der Waals surface area (Å²) in [7, 11) is 0. The third-order valence-corrected chi connectivity index (χ3v) is 4.67. The van der Waals surface area contributed by atoms with E-state index in [9.17, 15) is 4.79 Å². The van der Waals surface area contributed by atoms with Gasteiger partial charge in [0.2, 0.25) is 5.91 Å². The Labute approximate surface area is 107 Å². The lowest BCUT2D eigenvalue weighted by Crippen LogP contribution is -2.35. The van der Waals surface area contributed by atoms with Gasteiger partial charge in [0.05, 0.1) is 12.0 Å². The first-order valence-corrected chi connectivity index (χ1v) is 6.96. The molecule has 0 atom stereocenters. The van der Waals surface area contributed by atoms with Crippen LogP contribution in [0.1, 0.15) is 17.7 Å². The Morgan fingerprint density at radius 2 is 2.38 bits per heavy atom. The summed E-state index contributed by atoms with van der Waals surface area (Å²) in [5.41, 5.74) is -0.448. The number of hydrogen-bond donors (Lipinski definition) is 2. The minimum absolute atomic E-state index is 0.00521. The summed E-state index contributed by atoms with van der Waals surface area (Å²) in [6.07, 6.45) is 2.49. The summed E-state index contributed by atoms with van der Waals surface area (Å²) in [6, 6.07) is 2.07. The summed E-state index contributed by atoms with van der Waals surface area (Å²) in [5, 5.41) is 14.0. The van der Waals surface area contributed by atoms with Crippen molar-refractivity contribution in [3.05, 3.63) is 20.8 Å². The maximum Gasteiger partial charge on any atom is 0.228 e. The van der Waals surface area contributed by atoms with E-state index in [1.165, 1.54) is 4.88 Å². The van der Waals surface area contributed by atoms with Crippen LogP contribution < -0.4 is 5.32 Å². The van der Waals surface area contributed by atoms with Crippen molar-refractivity contribution in [2.45, 2.75) is 19.3 Å². The number of amides is 1. The van der Waals surface area contributed by atoms with Crippen LogP contribution in [0.4, 0.5) is 0 Å². The summed E-state index contributed by atoms with van der Waals surface area (Å²) in [4.78, 5) is 12.9. The van der Waals surface area contributed by atoms with Crippen molar-refractivity contribution < 1.29 is 9.90 Å². The van der Waals surface area contributed by atoms with Crippen LogP contribution in [-0.2, 0) is 11.2 Å². The van der Waals surface area contributed by atoms with E-state index in [4.69, 9.17) is 5.11 Å². The highest BCUT2D eigenvalue weighted by Gasteiger charge is 2.49. The number of rotatable bonds is 5. The number of halogens is 1. The monoisotopic (exact) mass is 303 g/mol. The highest BCUT2D eigenvalue weighted by atomic mass is 79.9. The van der Waals surface area contributed by atoms with E-state index >= 15 is 0 Å². The molecule has 1 aliphatic carbocycles. The summed E-state index contributed by atoms with van der Waals surface area (Å²) in [6.45, 7) is 0.622. The highest BCUT2D eigenvalue weighted by molar-refractivity contribution is 9.10. The predicted molar refractivity (Wildman–Crippen MR) is 67.5 cm³/mol. The predicted octanol–water partition coefficient (Wildman–Crippen LogP) is 1.94. The largest absolute Gasteiger partial charge is 0.395 e. The Morgan fingerprint density at radius 3 is 2.88 bits per heavy atom. The Kier molecular flexibility index (Phi) is 3.66. The Balaban J connectivity index is 1.74. The zero-order valence-corrected chi connectivity index (χ0v) is 11.2. The van der Waals surface area contributed by atoms with Crippen LogP contribution in [0.25, 0.3) is 0 Å². The van der Waals surface area contributed by atoms with Crippen molar-refractivity contribution in [1.29, 1.82) is 0 Å². The molecule has 1 heterocycles. The van der Waals surface area contributed by atoms with Gasteiger partial charge in [-0.05, 0) is 41.3 Å². The first kappa shape index (κ1) is 12.1. The Morgan fingerprint density at radius 1 is 1.62 bits per heavy atom. The Hall–Kier alpha value is -0.390. The van der Waals surface area contributed by atoms with Gasteiger partial charge in [-0.2, -0.15) is 0 Å². The van der Waals surface area contributed by atoms with E-state index in [0.717, 1.165) is 23.7 Å². The molecule has 2 rings (SSSR count). The average molecular weight is 304 g/mol. The van der Waals surface area contributed by atoms with E-state index in [-0.39, 0.29) is 12.5 Å². The molecule has 3 nitrogen and oxygen atoms in total. The zero-order chi connectivity index (χ0) is 11.6. The van der Waals surface area contributed by atoms with Crippen LogP contribution in [0.3, 0.4) is 0 Å². The van der Waals surface area contributed by atoms with Gasteiger partial charge in [-0.15, -0.1) is 11.3 Å². The molecule has 16 heavy (non-hydrogen) atoms. The molecule has 1 aliphatic rings. The fraction of sp³-hybridized carbons (Fsp3) is 0.545. The number of carbonyl (C=O) groups excluding carboxylic acids is 1. The van der Waals surface area contributed by atoms with E-state index in [1.807, 2.05) is 5.38 Å². The number of thiophene rings is 1. The van der Waals surface area contributed by atoms with Crippen LogP contribution in [0, 0.1) is 5.41 Å². The molecule has 5 heteroatoms. The zero-order valence-electron chi connectivity index (χ0n) is 8.83. The fourth-order valence-corrected chi connectivity index (χ4v) is 3.03. The van der Waals surface area contributed by atoms with Gasteiger partial charge in [0.1, 0.15) is 0 Å². The van der Waals surface area contributed by atoms with Crippen molar-refractivity contribution >= 4 is 33.2 Å². The molecular weight excluding hydrogens is 290 g/mol. The van der Waals surface area contributed by atoms with E-state index < -0.39 is 5.41 Å². The molecule has 0 spiro atoms. The third-order valence-electron chi connectivity index (χ3n) is 2.92. The molecular formula is C11H14BrNO2S. The minimum atomic E-state index is -0.448. The molecule has 1 amide bonds. The van der Waals surface area contributed by atoms with Crippen molar-refractivity contribution in [3.8, 4) is 0 Å². The van der Waals surface area contributed by atoms with Gasteiger partial charge in [-0.25, -0.2) is 0 Å². The minimum Gasteiger partial charge on any atom is -0.395 e. The van der Waals surface area contributed by atoms with E-state index in [2.05, 4.69) is 27.3 Å². The van der Waals surface area contributed by atoms with Crippen LogP contribution >= 0.6 is 27.3 Å². The highest BCUT2D eigenvalue weighted by Crippen LogP contribution is 2.45. The number of aliphatic hydroxyl groups is 1. The van der Waals surface area contributed by atoms with Gasteiger partial charge >= 0.3 is 0 Å². The van der Waals surface area contributed by atoms with Crippen LogP contribution in [0.5, 0.6) is 0 Å². The molecule has 0 aliphatic heterocycles. The molecule has 1 fully saturated rings. The fourth-order valence-electron chi connectivity index (χ4n) is 1.58. The van der Waals surface area contributed by atoms with Crippen molar-refractivity contribution in [1.82, 2.24) is 5.32 Å². The first-order chi connectivity index (χ1) is 7.66. The van der Waals surface area contributed by atoms with Gasteiger partial charge < -0.3 is 10.4 Å². The maximum absolute atomic E-state index is 11.7. The molecule has 0 unspecified atom stereocenters. The molecule has 0 bridgehead atoms. The molecule has 0 aromatic carbocycles. The van der Waals surface area contributed by atoms with Crippen LogP contribution in [-0.4, -0.2) is 24.2 Å². The van der Waals surface area contributed by atoms with Crippen LogP contribution in [0.2, 0.25) is 0 Å². The van der Waals surface area contributed by atoms with Crippen molar-refractivity contribution in [3.63, 3.8) is 0 Å². The quantitative estimate of drug-likeness (QED) is 0.873. The number of nitrogens with one attached hydrogen (secondary N) is 1. The standard InChI is InChI=1S/C11H14BrNO2S/c12-8-5-9(16-6-8)1-4-13-10(15)11(7-14)2-3-11/h5-6,14H,1-4,7H2,(H,13,15). The molecule has 88 valence electrons. The van der Waals surface area contributed by atoms with Crippen LogP contribution in [0.15, 0.2) is 15.9 Å². The lowest BCUT2D eigenvalue weighted by molar-refractivity contribution is -0.127. The van der Waals surface area contributed by atoms with Crippen molar-refractivity contribution in [2.75, 3.05) is 13.2 Å². The van der Waals surface area contributed by atoms with Gasteiger partial charge in [0, 0.05) is 21.3 Å². The summed E-state index contributed by atoms with van der Waals surface area (Å²) < 4.78 is 1.09. The third kappa shape index (κ3) is 2.64. The lowest BCUT2D eigenvalue weighted by atomic mass is 10.1. The molecule has 0 saturated heterocycles. The molecule has 2 N–H and O–H groups in total. The van der Waals surface area contributed by atoms with E-state index in [0.29, 0.717) is 6.54 Å². The second kappa shape index (κ2) is 4.85. The SMILES string of the molecule is O=C(NCCc1cc(Br)cs1)C1(CO)CC1. The molecule has 0 radical (unpaired) electrons. The number of aliphatic hydroxyl groups excluding tert-OH is 1. The average Bonchev–Trinajstić information content (AvgIpc) is 2.98. The summed E-state index contributed by atoms with van der Waals surface area (Å²) >= 11 is 5.08.